The summed E-state index contributed by atoms with van der Waals surface area (Å²) in [5.41, 5.74) is 1.10. The molecule has 0 radical (unpaired) electrons. The smallest absolute Gasteiger partial charge is 0.330 e. The van der Waals surface area contributed by atoms with Crippen LogP contribution < -0.4 is 15.7 Å². The minimum atomic E-state index is -0.703. The van der Waals surface area contributed by atoms with Crippen molar-refractivity contribution in [2.24, 2.45) is 10.2 Å². The molecule has 11 heteroatoms. The van der Waals surface area contributed by atoms with E-state index in [0.717, 1.165) is 6.08 Å². The molecule has 0 aliphatic carbocycles. The van der Waals surface area contributed by atoms with Crippen molar-refractivity contribution in [1.82, 2.24) is 9.97 Å². The molecular formula is C22H21N5O6. The monoisotopic (exact) mass is 451 g/mol. The van der Waals surface area contributed by atoms with Crippen LogP contribution in [0.4, 0.5) is 11.4 Å². The highest BCUT2D eigenvalue weighted by Crippen LogP contribution is 2.28. The first kappa shape index (κ1) is 23.0. The fourth-order valence-corrected chi connectivity index (χ4v) is 2.70. The van der Waals surface area contributed by atoms with E-state index in [0.29, 0.717) is 28.2 Å². The number of carbonyl (C=O) groups is 2. The zero-order chi connectivity index (χ0) is 23.8. The first-order valence-electron chi connectivity index (χ1n) is 9.73. The number of azo groups is 1. The molecule has 0 unspecified atom stereocenters. The van der Waals surface area contributed by atoms with Crippen molar-refractivity contribution in [3.05, 3.63) is 77.1 Å². The van der Waals surface area contributed by atoms with Crippen molar-refractivity contribution in [2.45, 2.75) is 6.92 Å². The topological polar surface area (TPSA) is 158 Å². The molecule has 3 rings (SSSR count). The zero-order valence-corrected chi connectivity index (χ0v) is 17.6. The summed E-state index contributed by atoms with van der Waals surface area (Å²) in [6.07, 6.45) is 1.05. The second-order valence-electron chi connectivity index (χ2n) is 6.62. The summed E-state index contributed by atoms with van der Waals surface area (Å²) in [6.45, 7) is 4.69. The van der Waals surface area contributed by atoms with Crippen LogP contribution in [0.3, 0.4) is 0 Å². The number of aliphatic hydroxyl groups is 1. The van der Waals surface area contributed by atoms with Gasteiger partial charge in [0.15, 0.2) is 5.70 Å². The number of allylic oxidation sites excluding steroid dienone is 1. The Hall–Kier alpha value is -4.67. The van der Waals surface area contributed by atoms with Crippen LogP contribution in [0, 0.1) is 0 Å². The molecule has 1 aromatic heterocycles. The molecule has 0 saturated carbocycles. The van der Waals surface area contributed by atoms with Gasteiger partial charge in [-0.2, -0.15) is 0 Å². The van der Waals surface area contributed by atoms with Gasteiger partial charge in [0.1, 0.15) is 30.4 Å². The molecule has 0 atom stereocenters. The fraction of sp³-hybridized carbons (Fsp3) is 0.136. The number of anilines is 1. The summed E-state index contributed by atoms with van der Waals surface area (Å²) in [6, 6.07) is 11.4. The van der Waals surface area contributed by atoms with Crippen molar-refractivity contribution >= 4 is 34.3 Å². The maximum atomic E-state index is 12.7. The predicted molar refractivity (Wildman–Crippen MR) is 120 cm³/mol. The number of para-hydroxylation sites is 1. The molecule has 0 saturated heterocycles. The summed E-state index contributed by atoms with van der Waals surface area (Å²) in [5.74, 6) is -1.27. The van der Waals surface area contributed by atoms with Crippen molar-refractivity contribution in [1.29, 1.82) is 0 Å². The van der Waals surface area contributed by atoms with E-state index in [1.807, 2.05) is 0 Å². The molecule has 1 heterocycles. The molecule has 0 spiro atoms. The van der Waals surface area contributed by atoms with E-state index in [-0.39, 0.29) is 30.4 Å². The fourth-order valence-electron chi connectivity index (χ4n) is 2.70. The lowest BCUT2D eigenvalue weighted by Crippen LogP contribution is -2.14. The third-order valence-corrected chi connectivity index (χ3v) is 4.21. The Labute approximate surface area is 187 Å². The number of benzene rings is 2. The van der Waals surface area contributed by atoms with E-state index < -0.39 is 11.9 Å². The Kier molecular flexibility index (Phi) is 7.37. The lowest BCUT2D eigenvalue weighted by molar-refractivity contribution is -0.138. The number of rotatable bonds is 9. The van der Waals surface area contributed by atoms with E-state index in [4.69, 9.17) is 9.47 Å². The van der Waals surface area contributed by atoms with E-state index in [2.05, 4.69) is 32.1 Å². The quantitative estimate of drug-likeness (QED) is 0.128. The Balaban J connectivity index is 1.71. The van der Waals surface area contributed by atoms with E-state index in [1.54, 1.807) is 42.5 Å². The van der Waals surface area contributed by atoms with Gasteiger partial charge in [-0.15, -0.1) is 10.2 Å². The first-order valence-corrected chi connectivity index (χ1v) is 9.73. The first-order chi connectivity index (χ1) is 15.9. The average Bonchev–Trinajstić information content (AvgIpc) is 3.16. The summed E-state index contributed by atoms with van der Waals surface area (Å²) >= 11 is 0. The molecule has 2 aromatic carbocycles. The minimum Gasteiger partial charge on any atom is -0.510 e. The van der Waals surface area contributed by atoms with E-state index >= 15 is 0 Å². The van der Waals surface area contributed by atoms with E-state index in [1.165, 1.54) is 6.92 Å². The second kappa shape index (κ2) is 10.6. The maximum Gasteiger partial charge on any atom is 0.330 e. The van der Waals surface area contributed by atoms with Gasteiger partial charge < -0.3 is 29.9 Å². The van der Waals surface area contributed by atoms with Crippen LogP contribution in [0.2, 0.25) is 0 Å². The Bertz CT molecular complexity index is 1300. The van der Waals surface area contributed by atoms with Gasteiger partial charge in [-0.1, -0.05) is 18.7 Å². The van der Waals surface area contributed by atoms with Crippen LogP contribution in [-0.4, -0.2) is 40.2 Å². The SMILES string of the molecule is C=CC(=O)OCCOc1ccccc1N=NC(C(=O)Nc1ccc2[nH]c(=O)[nH]c2c1)=C(C)O. The van der Waals surface area contributed by atoms with Crippen LogP contribution >= 0.6 is 0 Å². The number of amides is 1. The predicted octanol–water partition coefficient (Wildman–Crippen LogP) is 3.48. The number of nitrogens with zero attached hydrogens (tertiary/aromatic N) is 2. The molecule has 3 aromatic rings. The highest BCUT2D eigenvalue weighted by atomic mass is 16.6. The minimum absolute atomic E-state index is 0.0103. The van der Waals surface area contributed by atoms with Gasteiger partial charge in [0.25, 0.3) is 5.91 Å². The molecule has 4 N–H and O–H groups in total. The molecule has 0 fully saturated rings. The van der Waals surface area contributed by atoms with Crippen LogP contribution in [-0.2, 0) is 14.3 Å². The number of imidazole rings is 1. The number of aromatic amines is 2. The number of hydrogen-bond acceptors (Lipinski definition) is 8. The Morgan fingerprint density at radius 1 is 1.15 bits per heavy atom. The highest BCUT2D eigenvalue weighted by Gasteiger charge is 2.14. The van der Waals surface area contributed by atoms with E-state index in [9.17, 15) is 19.5 Å². The molecule has 0 aliphatic heterocycles. The molecule has 11 nitrogen and oxygen atoms in total. The van der Waals surface area contributed by atoms with Gasteiger partial charge in [-0.3, -0.25) is 4.79 Å². The number of aromatic nitrogens is 2. The van der Waals surface area contributed by atoms with Crippen LogP contribution in [0.15, 0.2) is 81.6 Å². The number of hydrogen-bond donors (Lipinski definition) is 4. The largest absolute Gasteiger partial charge is 0.510 e. The highest BCUT2D eigenvalue weighted by molar-refractivity contribution is 6.04. The number of carbonyl (C=O) groups excluding carboxylic acids is 2. The van der Waals surface area contributed by atoms with Gasteiger partial charge >= 0.3 is 11.7 Å². The van der Waals surface area contributed by atoms with Gasteiger partial charge in [0, 0.05) is 11.8 Å². The van der Waals surface area contributed by atoms with Crippen molar-refractivity contribution < 1.29 is 24.2 Å². The van der Waals surface area contributed by atoms with Crippen LogP contribution in [0.5, 0.6) is 5.75 Å². The van der Waals surface area contributed by atoms with Gasteiger partial charge in [-0.25, -0.2) is 9.59 Å². The Morgan fingerprint density at radius 3 is 2.67 bits per heavy atom. The maximum absolute atomic E-state index is 12.7. The average molecular weight is 451 g/mol. The molecular weight excluding hydrogens is 430 g/mol. The van der Waals surface area contributed by atoms with Crippen LogP contribution in [0.1, 0.15) is 6.92 Å². The number of H-pyrrole nitrogens is 2. The Morgan fingerprint density at radius 2 is 1.91 bits per heavy atom. The number of aliphatic hydroxyl groups excluding tert-OH is 1. The number of ether oxygens (including phenoxy) is 2. The molecule has 170 valence electrons. The zero-order valence-electron chi connectivity index (χ0n) is 17.6. The standard InChI is InChI=1S/C22H21N5O6/c1-3-19(29)33-11-10-32-18-7-5-4-6-16(18)26-27-20(13(2)28)21(30)23-14-8-9-15-17(12-14)25-22(31)24-15/h3-9,12,28H,1,10-11H2,2H3,(H,23,30)(H2,24,25,31). The summed E-state index contributed by atoms with van der Waals surface area (Å²) < 4.78 is 10.4. The van der Waals surface area contributed by atoms with Gasteiger partial charge in [0.2, 0.25) is 0 Å². The molecule has 33 heavy (non-hydrogen) atoms. The number of esters is 1. The molecule has 1 amide bonds. The van der Waals surface area contributed by atoms with Crippen molar-refractivity contribution in [3.63, 3.8) is 0 Å². The second-order valence-corrected chi connectivity index (χ2v) is 6.62. The van der Waals surface area contributed by atoms with Gasteiger partial charge in [-0.05, 0) is 37.3 Å². The summed E-state index contributed by atoms with van der Waals surface area (Å²) in [5, 5.41) is 20.5. The third-order valence-electron chi connectivity index (χ3n) is 4.21. The van der Waals surface area contributed by atoms with Crippen molar-refractivity contribution in [3.8, 4) is 5.75 Å². The number of nitrogens with one attached hydrogen (secondary N) is 3. The van der Waals surface area contributed by atoms with Crippen molar-refractivity contribution in [2.75, 3.05) is 18.5 Å². The lowest BCUT2D eigenvalue weighted by atomic mass is 10.2. The molecule has 0 aliphatic rings. The van der Waals surface area contributed by atoms with Gasteiger partial charge in [0.05, 0.1) is 11.0 Å². The molecule has 0 bridgehead atoms. The third kappa shape index (κ3) is 6.17. The summed E-state index contributed by atoms with van der Waals surface area (Å²) in [7, 11) is 0. The summed E-state index contributed by atoms with van der Waals surface area (Å²) in [4.78, 5) is 40.3. The lowest BCUT2D eigenvalue weighted by Gasteiger charge is -2.09. The van der Waals surface area contributed by atoms with Crippen LogP contribution in [0.25, 0.3) is 11.0 Å². The number of fused-ring (bicyclic) bond motifs is 1. The normalized spacial score (nSPS) is 11.8.